The smallest absolute Gasteiger partial charge is 0.449 e. The highest BCUT2D eigenvalue weighted by atomic mass is 19.4. The van der Waals surface area contributed by atoms with Crippen LogP contribution in [0.2, 0.25) is 0 Å². The Morgan fingerprint density at radius 2 is 1.02 bits per heavy atom. The number of halogens is 14. The molecular weight excluding hydrogens is 602 g/mol. The van der Waals surface area contributed by atoms with Gasteiger partial charge in [-0.1, -0.05) is 0 Å². The minimum absolute atomic E-state index is 0.133. The van der Waals surface area contributed by atoms with Crippen molar-refractivity contribution >= 4 is 11.9 Å². The number of carbonyl (C=O) groups excluding carboxylic acids is 2. The lowest BCUT2D eigenvalue weighted by molar-refractivity contribution is -0.354. The third-order valence-electron chi connectivity index (χ3n) is 4.60. The van der Waals surface area contributed by atoms with E-state index in [1.54, 1.807) is 0 Å². The molecule has 0 aliphatic rings. The molecule has 40 heavy (non-hydrogen) atoms. The van der Waals surface area contributed by atoms with E-state index in [1.165, 1.54) is 0 Å². The van der Waals surface area contributed by atoms with Crippen LogP contribution in [-0.4, -0.2) is 53.0 Å². The molecule has 2 aromatic carbocycles. The molecule has 0 saturated heterocycles. The number of hydrogen-bond donors (Lipinski definition) is 1. The van der Waals surface area contributed by atoms with Crippen LogP contribution in [0, 0.1) is 11.6 Å². The summed E-state index contributed by atoms with van der Waals surface area (Å²) in [6.45, 7) is 0. The number of rotatable bonds is 6. The van der Waals surface area contributed by atoms with Gasteiger partial charge in [0.2, 0.25) is 0 Å². The lowest BCUT2D eigenvalue weighted by Gasteiger charge is -2.34. The fraction of sp³-hybridized carbons (Fsp3) is 0.300. The van der Waals surface area contributed by atoms with Gasteiger partial charge in [0.15, 0.2) is 11.6 Å². The Morgan fingerprint density at radius 1 is 0.600 bits per heavy atom. The molecule has 0 fully saturated rings. The summed E-state index contributed by atoms with van der Waals surface area (Å²) in [6, 6.07) is 0.857. The summed E-state index contributed by atoms with van der Waals surface area (Å²) < 4.78 is 197. The maximum Gasteiger partial charge on any atom is 0.449 e. The fourth-order valence-corrected chi connectivity index (χ4v) is 2.60. The van der Waals surface area contributed by atoms with Gasteiger partial charge in [0.1, 0.15) is 17.3 Å². The van der Waals surface area contributed by atoms with Crippen molar-refractivity contribution in [3.05, 3.63) is 54.1 Å². The van der Waals surface area contributed by atoms with Gasteiger partial charge in [0.05, 0.1) is 0 Å². The summed E-state index contributed by atoms with van der Waals surface area (Å²) >= 11 is 0. The van der Waals surface area contributed by atoms with E-state index in [-0.39, 0.29) is 12.1 Å². The average Bonchev–Trinajstić information content (AvgIpc) is 2.76. The molecule has 1 N–H and O–H groups in total. The van der Waals surface area contributed by atoms with E-state index in [9.17, 15) is 71.1 Å². The van der Waals surface area contributed by atoms with Crippen molar-refractivity contribution in [2.75, 3.05) is 0 Å². The molecule has 0 amide bonds. The van der Waals surface area contributed by atoms with Gasteiger partial charge in [-0.3, -0.25) is 0 Å². The number of benzene rings is 2. The van der Waals surface area contributed by atoms with Crippen molar-refractivity contribution in [3.8, 4) is 17.2 Å². The number of alkyl halides is 12. The minimum Gasteiger partial charge on any atom is -0.457 e. The first kappa shape index (κ1) is 32.4. The van der Waals surface area contributed by atoms with E-state index < -0.39 is 82.8 Å². The number of hydrogen-bond acceptors (Lipinski definition) is 6. The predicted octanol–water partition coefficient (Wildman–Crippen LogP) is 5.57. The molecule has 2 rings (SSSR count). The van der Waals surface area contributed by atoms with E-state index in [0.29, 0.717) is 24.3 Å². The Hall–Kier alpha value is -3.84. The van der Waals surface area contributed by atoms with Crippen LogP contribution < -0.4 is 14.2 Å². The molecular formula is C20H8F14O6. The Kier molecular flexibility index (Phi) is 8.32. The van der Waals surface area contributed by atoms with Gasteiger partial charge in [-0.05, 0) is 36.4 Å². The fourth-order valence-electron chi connectivity index (χ4n) is 2.60. The van der Waals surface area contributed by atoms with Crippen LogP contribution in [0.15, 0.2) is 42.5 Å². The summed E-state index contributed by atoms with van der Waals surface area (Å²) in [4.78, 5) is 23.6. The average molecular weight is 610 g/mol. The molecule has 222 valence electrons. The molecule has 6 nitrogen and oxygen atoms in total. The second-order valence-corrected chi connectivity index (χ2v) is 7.31. The predicted molar refractivity (Wildman–Crippen MR) is 96.6 cm³/mol. The lowest BCUT2D eigenvalue weighted by Crippen LogP contribution is -2.67. The van der Waals surface area contributed by atoms with Crippen molar-refractivity contribution in [1.82, 2.24) is 0 Å². The zero-order valence-corrected chi connectivity index (χ0v) is 18.3. The minimum atomic E-state index is -6.78. The molecule has 0 saturated carbocycles. The van der Waals surface area contributed by atoms with E-state index in [1.807, 2.05) is 0 Å². The standard InChI is InChI=1S/C20H8F14O6/c21-8-1-3-9(4-2-8)38-14(36)16(19(29,30)31,20(32,33)34)40-12-6-5-10(7-11(12)22)39-13(35)15(37,17(23,24)25)18(26,27)28/h1-7,37H. The molecule has 0 unspecified atom stereocenters. The Balaban J connectivity index is 2.51. The van der Waals surface area contributed by atoms with Crippen LogP contribution in [0.5, 0.6) is 17.2 Å². The van der Waals surface area contributed by atoms with Crippen molar-refractivity contribution in [2.24, 2.45) is 0 Å². The van der Waals surface area contributed by atoms with Gasteiger partial charge in [-0.15, -0.1) is 0 Å². The van der Waals surface area contributed by atoms with E-state index in [4.69, 9.17) is 5.11 Å². The van der Waals surface area contributed by atoms with Crippen LogP contribution in [0.25, 0.3) is 0 Å². The van der Waals surface area contributed by atoms with Crippen LogP contribution in [0.4, 0.5) is 61.5 Å². The first-order valence-corrected chi connectivity index (χ1v) is 9.56. The monoisotopic (exact) mass is 610 g/mol. The number of ether oxygens (including phenoxy) is 3. The largest absolute Gasteiger partial charge is 0.457 e. The third-order valence-corrected chi connectivity index (χ3v) is 4.60. The van der Waals surface area contributed by atoms with Crippen LogP contribution in [-0.2, 0) is 9.59 Å². The van der Waals surface area contributed by atoms with E-state index in [2.05, 4.69) is 14.2 Å². The molecule has 20 heteroatoms. The molecule has 0 aromatic heterocycles. The number of esters is 2. The van der Waals surface area contributed by atoms with Crippen molar-refractivity contribution in [1.29, 1.82) is 0 Å². The quantitative estimate of drug-likeness (QED) is 0.262. The van der Waals surface area contributed by atoms with Gasteiger partial charge in [0.25, 0.3) is 0 Å². The number of aliphatic hydroxyl groups is 1. The van der Waals surface area contributed by atoms with Crippen LogP contribution in [0.3, 0.4) is 0 Å². The zero-order valence-electron chi connectivity index (χ0n) is 18.3. The maximum atomic E-state index is 14.4. The molecule has 0 heterocycles. The van der Waals surface area contributed by atoms with Gasteiger partial charge in [-0.25, -0.2) is 18.4 Å². The molecule has 0 spiro atoms. The first-order chi connectivity index (χ1) is 17.9. The normalized spacial score (nSPS) is 13.6. The molecule has 0 aliphatic heterocycles. The molecule has 0 bridgehead atoms. The van der Waals surface area contributed by atoms with Crippen LogP contribution >= 0.6 is 0 Å². The Morgan fingerprint density at radius 3 is 1.43 bits per heavy atom. The van der Waals surface area contributed by atoms with Crippen molar-refractivity contribution < 1.29 is 90.4 Å². The Labute approximate surface area is 210 Å². The molecule has 0 aliphatic carbocycles. The zero-order chi connectivity index (χ0) is 31.1. The summed E-state index contributed by atoms with van der Waals surface area (Å²) in [5.41, 5.74) is -12.2. The maximum absolute atomic E-state index is 14.4. The molecule has 0 radical (unpaired) electrons. The van der Waals surface area contributed by atoms with Gasteiger partial charge >= 0.3 is 47.8 Å². The van der Waals surface area contributed by atoms with Gasteiger partial charge < -0.3 is 19.3 Å². The summed E-state index contributed by atoms with van der Waals surface area (Å²) in [6.07, 6.45) is -27.1. The van der Waals surface area contributed by atoms with Gasteiger partial charge in [-0.2, -0.15) is 52.7 Å². The van der Waals surface area contributed by atoms with E-state index >= 15 is 0 Å². The highest BCUT2D eigenvalue weighted by molar-refractivity contribution is 5.85. The molecule has 2 aromatic rings. The van der Waals surface area contributed by atoms with Crippen LogP contribution in [0.1, 0.15) is 0 Å². The third kappa shape index (κ3) is 5.85. The molecule has 0 atom stereocenters. The SMILES string of the molecule is O=C(Oc1ccc(OC(C(=O)Oc2ccc(F)cc2)(C(F)(F)F)C(F)(F)F)c(F)c1)C(O)(C(F)(F)F)C(F)(F)F. The summed E-state index contributed by atoms with van der Waals surface area (Å²) in [5, 5.41) is 8.90. The second-order valence-electron chi connectivity index (χ2n) is 7.31. The highest BCUT2D eigenvalue weighted by Gasteiger charge is 2.80. The second kappa shape index (κ2) is 10.3. The van der Waals surface area contributed by atoms with Crippen molar-refractivity contribution in [3.63, 3.8) is 0 Å². The summed E-state index contributed by atoms with van der Waals surface area (Å²) in [5.74, 6) is -15.2. The first-order valence-electron chi connectivity index (χ1n) is 9.56. The van der Waals surface area contributed by atoms with Crippen molar-refractivity contribution in [2.45, 2.75) is 35.9 Å². The lowest BCUT2D eigenvalue weighted by atomic mass is 10.0. The number of carbonyl (C=O) groups is 2. The van der Waals surface area contributed by atoms with Gasteiger partial charge in [0, 0.05) is 6.07 Å². The van der Waals surface area contributed by atoms with E-state index in [0.717, 1.165) is 0 Å². The topological polar surface area (TPSA) is 82.1 Å². The Bertz CT molecular complexity index is 1220. The summed E-state index contributed by atoms with van der Waals surface area (Å²) in [7, 11) is 0. The highest BCUT2D eigenvalue weighted by Crippen LogP contribution is 2.48.